The highest BCUT2D eigenvalue weighted by Crippen LogP contribution is 2.07. The molecule has 0 bridgehead atoms. The van der Waals surface area contributed by atoms with Gasteiger partial charge < -0.3 is 4.98 Å². The first-order valence-electron chi connectivity index (χ1n) is 3.09. The van der Waals surface area contributed by atoms with Crippen LogP contribution >= 0.6 is 0 Å². The summed E-state index contributed by atoms with van der Waals surface area (Å²) in [5.74, 6) is 0. The van der Waals surface area contributed by atoms with E-state index in [1.165, 1.54) is 0 Å². The molecule has 1 nitrogen and oxygen atoms in total. The van der Waals surface area contributed by atoms with Crippen LogP contribution in [0.25, 0.3) is 0 Å². The standard InChI is InChI=1S/C7H10FN/c1-2-7-6(5-8)3-4-9-7/h3-4,9H,2,5H2,1H3. The molecule has 0 aromatic carbocycles. The van der Waals surface area contributed by atoms with Crippen molar-refractivity contribution in [2.45, 2.75) is 20.0 Å². The molecule has 0 saturated heterocycles. The first kappa shape index (κ1) is 6.33. The van der Waals surface area contributed by atoms with E-state index in [0.717, 1.165) is 17.7 Å². The Kier molecular flexibility index (Phi) is 1.88. The molecule has 0 radical (unpaired) electrons. The summed E-state index contributed by atoms with van der Waals surface area (Å²) >= 11 is 0. The predicted octanol–water partition coefficient (Wildman–Crippen LogP) is 2.05. The molecule has 1 aromatic heterocycles. The van der Waals surface area contributed by atoms with Crippen LogP contribution in [0.5, 0.6) is 0 Å². The molecule has 0 saturated carbocycles. The van der Waals surface area contributed by atoms with Gasteiger partial charge in [0.15, 0.2) is 0 Å². The molecule has 0 unspecified atom stereocenters. The minimum Gasteiger partial charge on any atom is -0.365 e. The van der Waals surface area contributed by atoms with E-state index in [2.05, 4.69) is 4.98 Å². The summed E-state index contributed by atoms with van der Waals surface area (Å²) < 4.78 is 12.0. The lowest BCUT2D eigenvalue weighted by atomic mass is 10.2. The number of hydrogen-bond acceptors (Lipinski definition) is 0. The van der Waals surface area contributed by atoms with E-state index in [1.807, 2.05) is 6.92 Å². The van der Waals surface area contributed by atoms with Crippen LogP contribution in [0, 0.1) is 0 Å². The van der Waals surface area contributed by atoms with Crippen LogP contribution in [0.1, 0.15) is 18.2 Å². The zero-order chi connectivity index (χ0) is 6.69. The van der Waals surface area contributed by atoms with Gasteiger partial charge in [-0.2, -0.15) is 0 Å². The third-order valence-corrected chi connectivity index (χ3v) is 1.43. The molecule has 0 aliphatic heterocycles. The molecular weight excluding hydrogens is 117 g/mol. The van der Waals surface area contributed by atoms with E-state index < -0.39 is 0 Å². The number of aromatic nitrogens is 1. The Morgan fingerprint density at radius 3 is 2.89 bits per heavy atom. The summed E-state index contributed by atoms with van der Waals surface area (Å²) in [5.41, 5.74) is 1.80. The van der Waals surface area contributed by atoms with Gasteiger partial charge in [-0.05, 0) is 12.5 Å². The third-order valence-electron chi connectivity index (χ3n) is 1.43. The second-order valence-electron chi connectivity index (χ2n) is 1.97. The average molecular weight is 127 g/mol. The quantitative estimate of drug-likeness (QED) is 0.625. The minimum absolute atomic E-state index is 0.354. The van der Waals surface area contributed by atoms with Gasteiger partial charge >= 0.3 is 0 Å². The Morgan fingerprint density at radius 2 is 2.44 bits per heavy atom. The van der Waals surface area contributed by atoms with Crippen LogP contribution in [0.2, 0.25) is 0 Å². The fourth-order valence-electron chi connectivity index (χ4n) is 0.890. The summed E-state index contributed by atoms with van der Waals surface area (Å²) in [6.45, 7) is 1.65. The Balaban J connectivity index is 2.85. The summed E-state index contributed by atoms with van der Waals surface area (Å²) in [5, 5.41) is 0. The summed E-state index contributed by atoms with van der Waals surface area (Å²) in [4.78, 5) is 2.97. The number of rotatable bonds is 2. The van der Waals surface area contributed by atoms with Crippen molar-refractivity contribution in [2.24, 2.45) is 0 Å². The van der Waals surface area contributed by atoms with E-state index >= 15 is 0 Å². The number of hydrogen-bond donors (Lipinski definition) is 1. The number of halogens is 1. The van der Waals surface area contributed by atoms with Crippen LogP contribution in [-0.4, -0.2) is 4.98 Å². The van der Waals surface area contributed by atoms with Gasteiger partial charge in [0, 0.05) is 17.5 Å². The number of H-pyrrole nitrogens is 1. The van der Waals surface area contributed by atoms with Gasteiger partial charge in [-0.15, -0.1) is 0 Å². The van der Waals surface area contributed by atoms with Gasteiger partial charge in [-0.1, -0.05) is 6.92 Å². The molecule has 0 aliphatic carbocycles. The van der Waals surface area contributed by atoms with Crippen molar-refractivity contribution in [3.8, 4) is 0 Å². The van der Waals surface area contributed by atoms with Crippen molar-refractivity contribution in [1.82, 2.24) is 4.98 Å². The fraction of sp³-hybridized carbons (Fsp3) is 0.429. The zero-order valence-corrected chi connectivity index (χ0v) is 5.45. The maximum absolute atomic E-state index is 12.0. The zero-order valence-electron chi connectivity index (χ0n) is 5.45. The highest BCUT2D eigenvalue weighted by Gasteiger charge is 1.98. The lowest BCUT2D eigenvalue weighted by molar-refractivity contribution is 0.483. The van der Waals surface area contributed by atoms with Crippen molar-refractivity contribution < 1.29 is 4.39 Å². The number of aryl methyl sites for hydroxylation is 1. The van der Waals surface area contributed by atoms with E-state index in [1.54, 1.807) is 12.3 Å². The SMILES string of the molecule is CCc1[nH]ccc1CF. The van der Waals surface area contributed by atoms with Crippen LogP contribution < -0.4 is 0 Å². The van der Waals surface area contributed by atoms with Crippen molar-refractivity contribution >= 4 is 0 Å². The number of aromatic amines is 1. The van der Waals surface area contributed by atoms with Gasteiger partial charge in [0.25, 0.3) is 0 Å². The van der Waals surface area contributed by atoms with Crippen molar-refractivity contribution in [2.75, 3.05) is 0 Å². The molecule has 0 spiro atoms. The van der Waals surface area contributed by atoms with Crippen LogP contribution in [0.3, 0.4) is 0 Å². The fourth-order valence-corrected chi connectivity index (χ4v) is 0.890. The molecule has 0 amide bonds. The monoisotopic (exact) mass is 127 g/mol. The average Bonchev–Trinajstić information content (AvgIpc) is 2.33. The van der Waals surface area contributed by atoms with Gasteiger partial charge in [0.1, 0.15) is 6.67 Å². The smallest absolute Gasteiger partial charge is 0.116 e. The van der Waals surface area contributed by atoms with E-state index in [9.17, 15) is 4.39 Å². The third kappa shape index (κ3) is 1.12. The molecule has 50 valence electrons. The normalized spacial score (nSPS) is 10.0. The number of alkyl halides is 1. The summed E-state index contributed by atoms with van der Waals surface area (Å²) in [6, 6.07) is 1.78. The Morgan fingerprint density at radius 1 is 1.67 bits per heavy atom. The van der Waals surface area contributed by atoms with Crippen molar-refractivity contribution in [1.29, 1.82) is 0 Å². The van der Waals surface area contributed by atoms with Gasteiger partial charge in [-0.3, -0.25) is 0 Å². The Bertz CT molecular complexity index is 162. The minimum atomic E-state index is -0.354. The van der Waals surface area contributed by atoms with Crippen LogP contribution in [0.15, 0.2) is 12.3 Å². The molecule has 1 aromatic rings. The first-order valence-corrected chi connectivity index (χ1v) is 3.09. The summed E-state index contributed by atoms with van der Waals surface area (Å²) in [6.07, 6.45) is 2.65. The highest BCUT2D eigenvalue weighted by molar-refractivity contribution is 5.19. The molecule has 2 heteroatoms. The lowest BCUT2D eigenvalue weighted by Crippen LogP contribution is -1.84. The van der Waals surface area contributed by atoms with Gasteiger partial charge in [0.2, 0.25) is 0 Å². The maximum atomic E-state index is 12.0. The van der Waals surface area contributed by atoms with Crippen molar-refractivity contribution in [3.63, 3.8) is 0 Å². The molecule has 9 heavy (non-hydrogen) atoms. The van der Waals surface area contributed by atoms with Crippen LogP contribution in [-0.2, 0) is 13.1 Å². The molecule has 1 heterocycles. The molecule has 0 fully saturated rings. The van der Waals surface area contributed by atoms with E-state index in [4.69, 9.17) is 0 Å². The number of nitrogens with one attached hydrogen (secondary N) is 1. The second-order valence-corrected chi connectivity index (χ2v) is 1.97. The molecule has 1 N–H and O–H groups in total. The second kappa shape index (κ2) is 2.67. The topological polar surface area (TPSA) is 15.8 Å². The first-order chi connectivity index (χ1) is 4.38. The largest absolute Gasteiger partial charge is 0.365 e. The molecule has 0 atom stereocenters. The van der Waals surface area contributed by atoms with E-state index in [0.29, 0.717) is 0 Å². The van der Waals surface area contributed by atoms with Gasteiger partial charge in [0.05, 0.1) is 0 Å². The Labute approximate surface area is 53.9 Å². The van der Waals surface area contributed by atoms with Gasteiger partial charge in [-0.25, -0.2) is 4.39 Å². The van der Waals surface area contributed by atoms with Crippen molar-refractivity contribution in [3.05, 3.63) is 23.5 Å². The summed E-state index contributed by atoms with van der Waals surface area (Å²) in [7, 11) is 0. The Hall–Kier alpha value is -0.790. The predicted molar refractivity (Wildman–Crippen MR) is 35.0 cm³/mol. The maximum Gasteiger partial charge on any atom is 0.116 e. The molecular formula is C7H10FN. The molecule has 0 aliphatic rings. The van der Waals surface area contributed by atoms with E-state index in [-0.39, 0.29) is 6.67 Å². The lowest BCUT2D eigenvalue weighted by Gasteiger charge is -1.92. The van der Waals surface area contributed by atoms with Crippen LogP contribution in [0.4, 0.5) is 4.39 Å². The molecule has 1 rings (SSSR count). The highest BCUT2D eigenvalue weighted by atomic mass is 19.1.